The molecular formula is C13H15ClN2O3. The van der Waals surface area contributed by atoms with Gasteiger partial charge in [0.05, 0.1) is 0 Å². The summed E-state index contributed by atoms with van der Waals surface area (Å²) in [6, 6.07) is 5.58. The molecule has 0 spiro atoms. The summed E-state index contributed by atoms with van der Waals surface area (Å²) < 4.78 is 0. The van der Waals surface area contributed by atoms with Crippen molar-refractivity contribution in [2.75, 3.05) is 11.9 Å². The highest BCUT2D eigenvalue weighted by Crippen LogP contribution is 2.25. The lowest BCUT2D eigenvalue weighted by Crippen LogP contribution is -2.44. The van der Waals surface area contributed by atoms with Gasteiger partial charge in [-0.3, -0.25) is 0 Å². The number of anilines is 1. The van der Waals surface area contributed by atoms with Gasteiger partial charge in [-0.25, -0.2) is 9.59 Å². The third kappa shape index (κ3) is 2.98. The van der Waals surface area contributed by atoms with Crippen LogP contribution in [0.4, 0.5) is 10.5 Å². The van der Waals surface area contributed by atoms with Gasteiger partial charge in [-0.2, -0.15) is 0 Å². The number of amides is 2. The van der Waals surface area contributed by atoms with Gasteiger partial charge in [0.1, 0.15) is 6.04 Å². The molecular weight excluding hydrogens is 268 g/mol. The van der Waals surface area contributed by atoms with E-state index < -0.39 is 18.0 Å². The van der Waals surface area contributed by atoms with E-state index in [1.807, 2.05) is 6.92 Å². The molecule has 1 aliphatic rings. The molecule has 2 unspecified atom stereocenters. The lowest BCUT2D eigenvalue weighted by atomic mass is 10.0. The second-order valence-corrected chi connectivity index (χ2v) is 5.12. The average molecular weight is 283 g/mol. The number of carbonyl (C=O) groups is 2. The van der Waals surface area contributed by atoms with E-state index in [-0.39, 0.29) is 5.92 Å². The minimum absolute atomic E-state index is 0.0392. The molecule has 1 heterocycles. The number of nitrogens with one attached hydrogen (secondary N) is 1. The summed E-state index contributed by atoms with van der Waals surface area (Å²) in [5.41, 5.74) is 0.557. The molecule has 0 aliphatic carbocycles. The highest BCUT2D eigenvalue weighted by molar-refractivity contribution is 6.30. The fraction of sp³-hybridized carbons (Fsp3) is 0.385. The number of halogens is 1. The molecule has 19 heavy (non-hydrogen) atoms. The highest BCUT2D eigenvalue weighted by Gasteiger charge is 2.39. The van der Waals surface area contributed by atoms with Crippen LogP contribution in [-0.4, -0.2) is 34.6 Å². The summed E-state index contributed by atoms with van der Waals surface area (Å²) in [7, 11) is 0. The van der Waals surface area contributed by atoms with E-state index in [2.05, 4.69) is 5.32 Å². The third-order valence-corrected chi connectivity index (χ3v) is 3.52. The zero-order valence-corrected chi connectivity index (χ0v) is 11.2. The van der Waals surface area contributed by atoms with E-state index in [0.717, 1.165) is 0 Å². The van der Waals surface area contributed by atoms with Crippen LogP contribution >= 0.6 is 11.6 Å². The Balaban J connectivity index is 2.10. The number of urea groups is 1. The number of carbonyl (C=O) groups excluding carboxylic acids is 1. The molecule has 1 saturated heterocycles. The first-order valence-corrected chi connectivity index (χ1v) is 6.43. The van der Waals surface area contributed by atoms with Crippen LogP contribution in [0.2, 0.25) is 5.02 Å². The molecule has 2 N–H and O–H groups in total. The first-order chi connectivity index (χ1) is 8.99. The molecule has 1 fully saturated rings. The zero-order chi connectivity index (χ0) is 14.0. The van der Waals surface area contributed by atoms with Gasteiger partial charge >= 0.3 is 12.0 Å². The number of hydrogen-bond acceptors (Lipinski definition) is 2. The molecule has 5 nitrogen and oxygen atoms in total. The second-order valence-electron chi connectivity index (χ2n) is 4.68. The average Bonchev–Trinajstić information content (AvgIpc) is 2.71. The van der Waals surface area contributed by atoms with Gasteiger partial charge < -0.3 is 15.3 Å². The topological polar surface area (TPSA) is 69.6 Å². The first kappa shape index (κ1) is 13.7. The summed E-state index contributed by atoms with van der Waals surface area (Å²) in [6.45, 7) is 2.29. The van der Waals surface area contributed by atoms with Gasteiger partial charge in [0.25, 0.3) is 0 Å². The molecule has 1 aromatic rings. The van der Waals surface area contributed by atoms with Crippen LogP contribution in [-0.2, 0) is 4.79 Å². The van der Waals surface area contributed by atoms with Crippen molar-refractivity contribution < 1.29 is 14.7 Å². The molecule has 1 aliphatic heterocycles. The molecule has 6 heteroatoms. The molecule has 0 saturated carbocycles. The van der Waals surface area contributed by atoms with Crippen molar-refractivity contribution in [3.8, 4) is 0 Å². The molecule has 102 valence electrons. The normalized spacial score (nSPS) is 22.3. The van der Waals surface area contributed by atoms with Gasteiger partial charge in [0.2, 0.25) is 0 Å². The summed E-state index contributed by atoms with van der Waals surface area (Å²) in [4.78, 5) is 24.6. The molecule has 0 radical (unpaired) electrons. The van der Waals surface area contributed by atoms with Gasteiger partial charge in [-0.15, -0.1) is 0 Å². The van der Waals surface area contributed by atoms with Crippen LogP contribution in [0.5, 0.6) is 0 Å². The van der Waals surface area contributed by atoms with Gasteiger partial charge in [-0.1, -0.05) is 24.6 Å². The Morgan fingerprint density at radius 3 is 2.84 bits per heavy atom. The van der Waals surface area contributed by atoms with Crippen LogP contribution in [0.15, 0.2) is 24.3 Å². The predicted molar refractivity (Wildman–Crippen MR) is 72.4 cm³/mol. The number of rotatable bonds is 2. The number of hydrogen-bond donors (Lipinski definition) is 2. The minimum Gasteiger partial charge on any atom is -0.480 e. The summed E-state index contributed by atoms with van der Waals surface area (Å²) >= 11 is 5.83. The Bertz CT molecular complexity index is 506. The summed E-state index contributed by atoms with van der Waals surface area (Å²) in [5.74, 6) is -1.01. The lowest BCUT2D eigenvalue weighted by molar-refractivity contribution is -0.142. The molecule has 1 aromatic carbocycles. The zero-order valence-electron chi connectivity index (χ0n) is 10.5. The Hall–Kier alpha value is -1.75. The van der Waals surface area contributed by atoms with Crippen molar-refractivity contribution in [1.82, 2.24) is 4.90 Å². The van der Waals surface area contributed by atoms with Gasteiger partial charge in [0.15, 0.2) is 0 Å². The maximum Gasteiger partial charge on any atom is 0.326 e. The summed E-state index contributed by atoms with van der Waals surface area (Å²) in [5, 5.41) is 12.4. The van der Waals surface area contributed by atoms with Crippen LogP contribution in [0.25, 0.3) is 0 Å². The number of aliphatic carboxylic acids is 1. The number of likely N-dealkylation sites (tertiary alicyclic amines) is 1. The number of carboxylic acid groups (broad SMARTS) is 1. The first-order valence-electron chi connectivity index (χ1n) is 6.05. The number of carboxylic acids is 1. The smallest absolute Gasteiger partial charge is 0.326 e. The van der Waals surface area contributed by atoms with E-state index in [1.165, 1.54) is 4.90 Å². The number of benzene rings is 1. The van der Waals surface area contributed by atoms with Crippen molar-refractivity contribution >= 4 is 29.3 Å². The van der Waals surface area contributed by atoms with Gasteiger partial charge in [0, 0.05) is 17.3 Å². The molecule has 2 atom stereocenters. The van der Waals surface area contributed by atoms with Gasteiger partial charge in [-0.05, 0) is 30.5 Å². The molecule has 0 bridgehead atoms. The van der Waals surface area contributed by atoms with E-state index in [1.54, 1.807) is 24.3 Å². The van der Waals surface area contributed by atoms with Crippen molar-refractivity contribution in [3.63, 3.8) is 0 Å². The van der Waals surface area contributed by atoms with E-state index in [4.69, 9.17) is 11.6 Å². The second kappa shape index (κ2) is 5.48. The van der Waals surface area contributed by atoms with E-state index in [9.17, 15) is 14.7 Å². The van der Waals surface area contributed by atoms with Crippen molar-refractivity contribution in [3.05, 3.63) is 29.3 Å². The monoisotopic (exact) mass is 282 g/mol. The standard InChI is InChI=1S/C13H15ClN2O3/c1-8-5-6-16(11(8)12(17)18)13(19)15-10-4-2-3-9(14)7-10/h2-4,7-8,11H,5-6H2,1H3,(H,15,19)(H,17,18). The van der Waals surface area contributed by atoms with Crippen molar-refractivity contribution in [1.29, 1.82) is 0 Å². The maximum atomic E-state index is 12.1. The Labute approximate surface area is 116 Å². The van der Waals surface area contributed by atoms with Crippen molar-refractivity contribution in [2.24, 2.45) is 5.92 Å². The fourth-order valence-corrected chi connectivity index (χ4v) is 2.50. The minimum atomic E-state index is -0.966. The van der Waals surface area contributed by atoms with E-state index in [0.29, 0.717) is 23.7 Å². The maximum absolute atomic E-state index is 12.1. The molecule has 2 amide bonds. The van der Waals surface area contributed by atoms with E-state index >= 15 is 0 Å². The fourth-order valence-electron chi connectivity index (χ4n) is 2.31. The lowest BCUT2D eigenvalue weighted by Gasteiger charge is -2.23. The highest BCUT2D eigenvalue weighted by atomic mass is 35.5. The Morgan fingerprint density at radius 1 is 1.47 bits per heavy atom. The quantitative estimate of drug-likeness (QED) is 0.876. The van der Waals surface area contributed by atoms with Crippen LogP contribution < -0.4 is 5.32 Å². The number of nitrogens with zero attached hydrogens (tertiary/aromatic N) is 1. The summed E-state index contributed by atoms with van der Waals surface area (Å²) in [6.07, 6.45) is 0.694. The predicted octanol–water partition coefficient (Wildman–Crippen LogP) is 2.67. The Morgan fingerprint density at radius 2 is 2.21 bits per heavy atom. The van der Waals surface area contributed by atoms with Crippen LogP contribution in [0, 0.1) is 5.92 Å². The SMILES string of the molecule is CC1CCN(C(=O)Nc2cccc(Cl)c2)C1C(=O)O. The largest absolute Gasteiger partial charge is 0.480 e. The van der Waals surface area contributed by atoms with Crippen LogP contribution in [0.3, 0.4) is 0 Å². The molecule has 2 rings (SSSR count). The van der Waals surface area contributed by atoms with Crippen molar-refractivity contribution in [2.45, 2.75) is 19.4 Å². The third-order valence-electron chi connectivity index (χ3n) is 3.29. The molecule has 0 aromatic heterocycles. The Kier molecular flexibility index (Phi) is 3.95. The van der Waals surface area contributed by atoms with Crippen LogP contribution in [0.1, 0.15) is 13.3 Å².